The van der Waals surface area contributed by atoms with E-state index < -0.39 is 38.2 Å². The molecule has 1 unspecified atom stereocenters. The van der Waals surface area contributed by atoms with Crippen LogP contribution >= 0.6 is 7.75 Å². The number of benzene rings is 1. The van der Waals surface area contributed by atoms with Gasteiger partial charge in [-0.15, -0.1) is 0 Å². The summed E-state index contributed by atoms with van der Waals surface area (Å²) >= 11 is 0. The minimum absolute atomic E-state index is 0.276. The third-order valence-electron chi connectivity index (χ3n) is 6.10. The van der Waals surface area contributed by atoms with Crippen LogP contribution < -0.4 is 14.9 Å². The van der Waals surface area contributed by atoms with Crippen LogP contribution in [0.25, 0.3) is 11.2 Å². The molecule has 0 radical (unpaired) electrons. The Bertz CT molecular complexity index is 1310. The second kappa shape index (κ2) is 12.4. The maximum atomic E-state index is 13.8. The summed E-state index contributed by atoms with van der Waals surface area (Å²) in [6.45, 7) is 9.10. The van der Waals surface area contributed by atoms with E-state index in [2.05, 4.69) is 25.4 Å². The maximum absolute atomic E-state index is 13.8. The molecule has 2 aromatic heterocycles. The van der Waals surface area contributed by atoms with Crippen LogP contribution in [0.5, 0.6) is 5.75 Å². The van der Waals surface area contributed by atoms with Crippen LogP contribution in [-0.2, 0) is 23.4 Å². The number of esters is 1. The molecule has 1 aromatic carbocycles. The van der Waals surface area contributed by atoms with Crippen LogP contribution in [-0.4, -0.2) is 68.1 Å². The van der Waals surface area contributed by atoms with E-state index in [-0.39, 0.29) is 24.4 Å². The fourth-order valence-electron chi connectivity index (χ4n) is 4.19. The summed E-state index contributed by atoms with van der Waals surface area (Å²) in [5.74, 6) is -0.112. The van der Waals surface area contributed by atoms with Crippen LogP contribution in [0.1, 0.15) is 40.8 Å². The first-order valence-electron chi connectivity index (χ1n) is 12.8. The Morgan fingerprint density at radius 3 is 2.64 bits per heavy atom. The minimum Gasteiger partial charge on any atom is -0.462 e. The van der Waals surface area contributed by atoms with Crippen molar-refractivity contribution in [2.75, 3.05) is 18.5 Å². The van der Waals surface area contributed by atoms with Gasteiger partial charge in [0.2, 0.25) is 0 Å². The lowest BCUT2D eigenvalue weighted by molar-refractivity contribution is -0.149. The molecule has 13 nitrogen and oxygen atoms in total. The Kier molecular flexibility index (Phi) is 9.19. The van der Waals surface area contributed by atoms with Gasteiger partial charge >= 0.3 is 13.7 Å². The number of nitrogens with one attached hydrogen (secondary N) is 2. The molecule has 3 N–H and O–H groups in total. The molecule has 3 aromatic rings. The standard InChI is InChI=1S/C25H35N6O7P/c1-6-26-22-20-23(28-13-27-22)31(14-29-20)24-16(4)21(32)19(37-24)12-35-39(34,38-18-10-8-7-9-11-18)30-17(5)25(33)36-15(2)3/h7-11,13-17,19,21,24,32H,6,12H2,1-5H3,(H,30,34)(H,26,27,28)/t16-,17-,19+,21-,24+,39?/m0/s1. The van der Waals surface area contributed by atoms with Gasteiger partial charge in [-0.1, -0.05) is 25.1 Å². The Hall–Kier alpha value is -3.09. The SMILES string of the molecule is CCNc1ncnc2c1ncn2[C@@H]1O[C@H](COP(=O)(N[C@@H](C)C(=O)OC(C)C)Oc2ccccc2)[C@@H](O)[C@@H]1C. The van der Waals surface area contributed by atoms with E-state index in [1.54, 1.807) is 55.1 Å². The third kappa shape index (κ3) is 6.74. The number of ether oxygens (including phenoxy) is 2. The van der Waals surface area contributed by atoms with E-state index in [9.17, 15) is 14.5 Å². The average Bonchev–Trinajstić information content (AvgIpc) is 3.44. The molecule has 0 saturated carbocycles. The Morgan fingerprint density at radius 2 is 1.95 bits per heavy atom. The summed E-state index contributed by atoms with van der Waals surface area (Å²) in [5, 5.41) is 16.8. The smallest absolute Gasteiger partial charge is 0.459 e. The number of para-hydroxylation sites is 1. The lowest BCUT2D eigenvalue weighted by Gasteiger charge is -2.25. The summed E-state index contributed by atoms with van der Waals surface area (Å²) in [7, 11) is -4.12. The molecule has 3 heterocycles. The number of carbonyl (C=O) groups is 1. The first kappa shape index (κ1) is 28.9. The van der Waals surface area contributed by atoms with Crippen LogP contribution in [0.3, 0.4) is 0 Å². The maximum Gasteiger partial charge on any atom is 0.459 e. The molecule has 212 valence electrons. The van der Waals surface area contributed by atoms with Crippen molar-refractivity contribution in [3.05, 3.63) is 43.0 Å². The highest BCUT2D eigenvalue weighted by Crippen LogP contribution is 2.46. The van der Waals surface area contributed by atoms with Gasteiger partial charge in [0.25, 0.3) is 0 Å². The molecule has 0 spiro atoms. The van der Waals surface area contributed by atoms with Crippen molar-refractivity contribution in [2.45, 2.75) is 65.2 Å². The van der Waals surface area contributed by atoms with E-state index in [1.165, 1.54) is 13.3 Å². The van der Waals surface area contributed by atoms with Crippen molar-refractivity contribution < 1.29 is 33.0 Å². The molecule has 4 rings (SSSR count). The summed E-state index contributed by atoms with van der Waals surface area (Å²) in [4.78, 5) is 25.4. The van der Waals surface area contributed by atoms with E-state index in [4.69, 9.17) is 18.5 Å². The van der Waals surface area contributed by atoms with Gasteiger partial charge in [0, 0.05) is 12.5 Å². The number of aliphatic hydroxyl groups excluding tert-OH is 1. The van der Waals surface area contributed by atoms with Crippen LogP contribution in [0, 0.1) is 5.92 Å². The summed E-state index contributed by atoms with van der Waals surface area (Å²) in [5.41, 5.74) is 1.13. The van der Waals surface area contributed by atoms with Crippen molar-refractivity contribution in [2.24, 2.45) is 5.92 Å². The first-order valence-corrected chi connectivity index (χ1v) is 14.4. The van der Waals surface area contributed by atoms with Gasteiger partial charge < -0.3 is 24.4 Å². The normalized spacial score (nSPS) is 23.5. The second-order valence-electron chi connectivity index (χ2n) is 9.53. The number of carbonyl (C=O) groups excluding carboxylic acids is 1. The molecular formula is C25H35N6O7P. The Morgan fingerprint density at radius 1 is 1.21 bits per heavy atom. The molecule has 0 aliphatic carbocycles. The lowest BCUT2D eigenvalue weighted by atomic mass is 10.0. The Balaban J connectivity index is 1.50. The van der Waals surface area contributed by atoms with Crippen molar-refractivity contribution in [1.82, 2.24) is 24.6 Å². The number of rotatable bonds is 12. The fourth-order valence-corrected chi connectivity index (χ4v) is 5.69. The molecule has 1 aliphatic rings. The minimum atomic E-state index is -4.12. The number of hydrogen-bond acceptors (Lipinski definition) is 11. The zero-order chi connectivity index (χ0) is 28.2. The molecular weight excluding hydrogens is 527 g/mol. The van der Waals surface area contributed by atoms with Gasteiger partial charge in [-0.2, -0.15) is 5.09 Å². The molecule has 0 amide bonds. The number of hydrogen-bond donors (Lipinski definition) is 3. The number of aliphatic hydroxyl groups is 1. The van der Waals surface area contributed by atoms with Crippen molar-refractivity contribution in [3.63, 3.8) is 0 Å². The van der Waals surface area contributed by atoms with E-state index in [0.717, 1.165) is 0 Å². The monoisotopic (exact) mass is 562 g/mol. The molecule has 0 bridgehead atoms. The predicted octanol–water partition coefficient (Wildman–Crippen LogP) is 3.29. The topological polar surface area (TPSA) is 159 Å². The number of imidazole rings is 1. The highest BCUT2D eigenvalue weighted by atomic mass is 31.2. The van der Waals surface area contributed by atoms with Crippen molar-refractivity contribution in [3.8, 4) is 5.75 Å². The number of anilines is 1. The summed E-state index contributed by atoms with van der Waals surface area (Å²) in [6.07, 6.45) is 0.232. The highest BCUT2D eigenvalue weighted by Gasteiger charge is 2.44. The third-order valence-corrected chi connectivity index (χ3v) is 7.74. The van der Waals surface area contributed by atoms with E-state index in [1.807, 2.05) is 13.8 Å². The molecule has 39 heavy (non-hydrogen) atoms. The zero-order valence-corrected chi connectivity index (χ0v) is 23.4. The van der Waals surface area contributed by atoms with Gasteiger partial charge in [0.15, 0.2) is 17.0 Å². The van der Waals surface area contributed by atoms with Crippen LogP contribution in [0.2, 0.25) is 0 Å². The second-order valence-corrected chi connectivity index (χ2v) is 11.2. The highest BCUT2D eigenvalue weighted by molar-refractivity contribution is 7.52. The first-order chi connectivity index (χ1) is 18.6. The number of nitrogens with zero attached hydrogens (tertiary/aromatic N) is 4. The molecule has 1 aliphatic heterocycles. The Labute approximate surface area is 226 Å². The van der Waals surface area contributed by atoms with Crippen LogP contribution in [0.15, 0.2) is 43.0 Å². The van der Waals surface area contributed by atoms with Crippen molar-refractivity contribution in [1.29, 1.82) is 0 Å². The van der Waals surface area contributed by atoms with E-state index >= 15 is 0 Å². The van der Waals surface area contributed by atoms with Gasteiger partial charge in [-0.05, 0) is 39.8 Å². The van der Waals surface area contributed by atoms with Crippen molar-refractivity contribution >= 4 is 30.7 Å². The van der Waals surface area contributed by atoms with Gasteiger partial charge in [-0.3, -0.25) is 13.9 Å². The van der Waals surface area contributed by atoms with Crippen LogP contribution in [0.4, 0.5) is 5.82 Å². The molecule has 1 fully saturated rings. The number of fused-ring (bicyclic) bond motifs is 1. The summed E-state index contributed by atoms with van der Waals surface area (Å²) in [6, 6.07) is 7.44. The predicted molar refractivity (Wildman–Crippen MR) is 143 cm³/mol. The zero-order valence-electron chi connectivity index (χ0n) is 22.6. The van der Waals surface area contributed by atoms with E-state index in [0.29, 0.717) is 23.5 Å². The molecule has 6 atom stereocenters. The largest absolute Gasteiger partial charge is 0.462 e. The lowest BCUT2D eigenvalue weighted by Crippen LogP contribution is -2.37. The molecule has 1 saturated heterocycles. The average molecular weight is 563 g/mol. The molecule has 14 heteroatoms. The number of aromatic nitrogens is 4. The fraction of sp³-hybridized carbons (Fsp3) is 0.520. The van der Waals surface area contributed by atoms with Gasteiger partial charge in [-0.25, -0.2) is 19.5 Å². The quantitative estimate of drug-likeness (QED) is 0.219. The summed E-state index contributed by atoms with van der Waals surface area (Å²) < 4.78 is 38.3. The van der Waals surface area contributed by atoms with Gasteiger partial charge in [0.05, 0.1) is 25.1 Å². The van der Waals surface area contributed by atoms with Gasteiger partial charge in [0.1, 0.15) is 30.5 Å².